The summed E-state index contributed by atoms with van der Waals surface area (Å²) in [6, 6.07) is 2.88. The van der Waals surface area contributed by atoms with E-state index in [1.807, 2.05) is 0 Å². The molecule has 1 rings (SSSR count). The Balaban J connectivity index is 0.00000169. The molecule has 0 amide bonds. The first kappa shape index (κ1) is 13.8. The van der Waals surface area contributed by atoms with Crippen molar-refractivity contribution < 1.29 is 5.11 Å². The maximum absolute atomic E-state index is 9.62. The van der Waals surface area contributed by atoms with Crippen LogP contribution >= 0.6 is 39.9 Å². The van der Waals surface area contributed by atoms with Gasteiger partial charge in [0, 0.05) is 10.6 Å². The van der Waals surface area contributed by atoms with Crippen molar-refractivity contribution in [3.05, 3.63) is 39.8 Å². The van der Waals surface area contributed by atoms with Crippen LogP contribution < -0.4 is 5.73 Å². The third-order valence-electron chi connectivity index (χ3n) is 1.70. The summed E-state index contributed by atoms with van der Waals surface area (Å²) < 4.78 is 0.573. The minimum atomic E-state index is -0.454. The molecule has 0 aliphatic carbocycles. The monoisotopic (exact) mass is 297 g/mol. The second-order valence-electron chi connectivity index (χ2n) is 2.55. The van der Waals surface area contributed by atoms with Crippen LogP contribution in [0.1, 0.15) is 11.6 Å². The Hall–Kier alpha value is -0.220. The molecule has 3 N–H and O–H groups in total. The van der Waals surface area contributed by atoms with Gasteiger partial charge in [-0.15, -0.1) is 19.0 Å². The zero-order valence-corrected chi connectivity index (χ0v) is 10.4. The lowest BCUT2D eigenvalue weighted by molar-refractivity contribution is 0.462. The van der Waals surface area contributed by atoms with Gasteiger partial charge < -0.3 is 10.8 Å². The highest BCUT2D eigenvalue weighted by atomic mass is 79.9. The largest absolute Gasteiger partial charge is 0.506 e. The maximum Gasteiger partial charge on any atom is 0.136 e. The van der Waals surface area contributed by atoms with Gasteiger partial charge in [0.25, 0.3) is 0 Å². The fourth-order valence-electron chi connectivity index (χ4n) is 0.992. The van der Waals surface area contributed by atoms with Gasteiger partial charge in [0.2, 0.25) is 0 Å². The Morgan fingerprint density at radius 1 is 1.57 bits per heavy atom. The molecule has 0 bridgehead atoms. The van der Waals surface area contributed by atoms with Crippen LogP contribution in [0.25, 0.3) is 0 Å². The van der Waals surface area contributed by atoms with E-state index in [4.69, 9.17) is 17.3 Å². The Morgan fingerprint density at radius 3 is 2.64 bits per heavy atom. The van der Waals surface area contributed by atoms with Gasteiger partial charge in [0.15, 0.2) is 0 Å². The van der Waals surface area contributed by atoms with E-state index < -0.39 is 6.04 Å². The number of phenols is 1. The van der Waals surface area contributed by atoms with E-state index in [0.29, 0.717) is 15.1 Å². The maximum atomic E-state index is 9.62. The van der Waals surface area contributed by atoms with Gasteiger partial charge in [-0.05, 0) is 28.1 Å². The van der Waals surface area contributed by atoms with E-state index in [0.717, 1.165) is 0 Å². The van der Waals surface area contributed by atoms with Crippen LogP contribution in [-0.2, 0) is 0 Å². The van der Waals surface area contributed by atoms with E-state index in [-0.39, 0.29) is 18.2 Å². The topological polar surface area (TPSA) is 46.2 Å². The summed E-state index contributed by atoms with van der Waals surface area (Å²) in [4.78, 5) is 0. The van der Waals surface area contributed by atoms with Crippen molar-refractivity contribution in [1.29, 1.82) is 0 Å². The summed E-state index contributed by atoms with van der Waals surface area (Å²) in [6.45, 7) is 3.54. The number of halogens is 3. The molecule has 0 aliphatic rings. The summed E-state index contributed by atoms with van der Waals surface area (Å²) in [5.41, 5.74) is 6.17. The molecule has 0 saturated heterocycles. The first-order valence-corrected chi connectivity index (χ1v) is 4.80. The Kier molecular flexibility index (Phi) is 5.52. The lowest BCUT2D eigenvalue weighted by Crippen LogP contribution is -2.07. The molecule has 0 aliphatic heterocycles. The highest BCUT2D eigenvalue weighted by Crippen LogP contribution is 2.36. The van der Waals surface area contributed by atoms with Gasteiger partial charge in [0.05, 0.1) is 10.5 Å². The summed E-state index contributed by atoms with van der Waals surface area (Å²) in [5.74, 6) is 0.0694. The summed E-state index contributed by atoms with van der Waals surface area (Å²) >= 11 is 9.05. The van der Waals surface area contributed by atoms with Crippen molar-refractivity contribution >= 4 is 39.9 Å². The molecule has 0 heterocycles. The molecule has 78 valence electrons. The zero-order valence-electron chi connectivity index (χ0n) is 7.21. The third kappa shape index (κ3) is 2.64. The van der Waals surface area contributed by atoms with E-state index in [2.05, 4.69) is 22.5 Å². The van der Waals surface area contributed by atoms with Crippen molar-refractivity contribution in [1.82, 2.24) is 0 Å². The van der Waals surface area contributed by atoms with E-state index >= 15 is 0 Å². The fourth-order valence-corrected chi connectivity index (χ4v) is 1.62. The smallest absolute Gasteiger partial charge is 0.136 e. The first-order chi connectivity index (χ1) is 6.07. The Labute approximate surface area is 102 Å². The molecular formula is C9H10BrCl2NO. The number of hydrogen-bond acceptors (Lipinski definition) is 2. The SMILES string of the molecule is C=C[C@@H](N)c1c(Cl)ccc(Br)c1O.Cl. The van der Waals surface area contributed by atoms with Crippen LogP contribution in [0.5, 0.6) is 5.75 Å². The van der Waals surface area contributed by atoms with Crippen LogP contribution in [0.15, 0.2) is 29.3 Å². The average Bonchev–Trinajstić information content (AvgIpc) is 2.12. The van der Waals surface area contributed by atoms with Crippen LogP contribution in [-0.4, -0.2) is 5.11 Å². The normalized spacial score (nSPS) is 11.6. The minimum absolute atomic E-state index is 0. The minimum Gasteiger partial charge on any atom is -0.506 e. The van der Waals surface area contributed by atoms with Crippen LogP contribution in [0, 0.1) is 0 Å². The van der Waals surface area contributed by atoms with E-state index in [1.165, 1.54) is 6.08 Å². The lowest BCUT2D eigenvalue weighted by Gasteiger charge is -2.12. The molecule has 2 nitrogen and oxygen atoms in total. The van der Waals surface area contributed by atoms with Crippen LogP contribution in [0.3, 0.4) is 0 Å². The molecule has 5 heteroatoms. The second kappa shape index (κ2) is 5.61. The van der Waals surface area contributed by atoms with Gasteiger partial charge in [-0.1, -0.05) is 17.7 Å². The van der Waals surface area contributed by atoms with Crippen LogP contribution in [0.4, 0.5) is 0 Å². The van der Waals surface area contributed by atoms with Crippen LogP contribution in [0.2, 0.25) is 5.02 Å². The van der Waals surface area contributed by atoms with Crippen molar-refractivity contribution in [2.24, 2.45) is 5.73 Å². The number of aromatic hydroxyl groups is 1. The van der Waals surface area contributed by atoms with Crippen molar-refractivity contribution in [2.75, 3.05) is 0 Å². The highest BCUT2D eigenvalue weighted by molar-refractivity contribution is 9.10. The van der Waals surface area contributed by atoms with Gasteiger partial charge in [-0.25, -0.2) is 0 Å². The number of nitrogens with two attached hydrogens (primary N) is 1. The molecule has 1 aromatic rings. The van der Waals surface area contributed by atoms with Gasteiger partial charge in [0.1, 0.15) is 5.75 Å². The lowest BCUT2D eigenvalue weighted by atomic mass is 10.1. The molecule has 1 atom stereocenters. The molecule has 0 fully saturated rings. The zero-order chi connectivity index (χ0) is 10.0. The van der Waals surface area contributed by atoms with E-state index in [1.54, 1.807) is 12.1 Å². The number of hydrogen-bond donors (Lipinski definition) is 2. The average molecular weight is 299 g/mol. The molecule has 0 radical (unpaired) electrons. The van der Waals surface area contributed by atoms with Crippen molar-refractivity contribution in [3.8, 4) is 5.75 Å². The summed E-state index contributed by atoms with van der Waals surface area (Å²) in [7, 11) is 0. The quantitative estimate of drug-likeness (QED) is 0.822. The first-order valence-electron chi connectivity index (χ1n) is 3.63. The van der Waals surface area contributed by atoms with Crippen molar-refractivity contribution in [3.63, 3.8) is 0 Å². The molecule has 0 saturated carbocycles. The third-order valence-corrected chi connectivity index (χ3v) is 2.67. The molecule has 0 spiro atoms. The van der Waals surface area contributed by atoms with Gasteiger partial charge in [-0.3, -0.25) is 0 Å². The predicted octanol–water partition coefficient (Wildman–Crippen LogP) is 3.42. The summed E-state index contributed by atoms with van der Waals surface area (Å²) in [5, 5.41) is 10.1. The molecule has 14 heavy (non-hydrogen) atoms. The van der Waals surface area contributed by atoms with Gasteiger partial charge >= 0.3 is 0 Å². The van der Waals surface area contributed by atoms with Crippen molar-refractivity contribution in [2.45, 2.75) is 6.04 Å². The second-order valence-corrected chi connectivity index (χ2v) is 3.81. The molecular weight excluding hydrogens is 289 g/mol. The molecule has 0 unspecified atom stereocenters. The Bertz CT molecular complexity index is 344. The number of benzene rings is 1. The molecule has 1 aromatic carbocycles. The number of phenolic OH excluding ortho intramolecular Hbond substituents is 1. The fraction of sp³-hybridized carbons (Fsp3) is 0.111. The highest BCUT2D eigenvalue weighted by Gasteiger charge is 2.14. The van der Waals surface area contributed by atoms with E-state index in [9.17, 15) is 5.11 Å². The predicted molar refractivity (Wildman–Crippen MR) is 65.2 cm³/mol. The summed E-state index contributed by atoms with van der Waals surface area (Å²) in [6.07, 6.45) is 1.52. The standard InChI is InChI=1S/C9H9BrClNO.ClH/c1-2-7(12)8-6(11)4-3-5(10)9(8)13;/h2-4,7,13H,1,12H2;1H/t7-;/m1./s1. The number of rotatable bonds is 2. The Morgan fingerprint density at radius 2 is 2.14 bits per heavy atom. The molecule has 0 aromatic heterocycles. The van der Waals surface area contributed by atoms with Gasteiger partial charge in [-0.2, -0.15) is 0 Å².